The molecule has 7 heteroatoms. The highest BCUT2D eigenvalue weighted by molar-refractivity contribution is 7.84. The molecule has 3 N–H and O–H groups in total. The molecule has 0 spiro atoms. The number of aromatic nitrogens is 2. The first-order valence-electron chi connectivity index (χ1n) is 5.47. The molecule has 1 aliphatic rings. The first kappa shape index (κ1) is 13.5. The Kier molecular flexibility index (Phi) is 3.84. The quantitative estimate of drug-likeness (QED) is 0.730. The van der Waals surface area contributed by atoms with Crippen LogP contribution in [0, 0.1) is 6.92 Å². The minimum atomic E-state index is -0.686. The van der Waals surface area contributed by atoms with Gasteiger partial charge in [-0.3, -0.25) is 0 Å². The van der Waals surface area contributed by atoms with Crippen LogP contribution in [-0.4, -0.2) is 16.0 Å². The molecule has 1 atom stereocenters. The number of hydrogen-bond acceptors (Lipinski definition) is 5. The summed E-state index contributed by atoms with van der Waals surface area (Å²) in [5, 5.41) is 2.85. The summed E-state index contributed by atoms with van der Waals surface area (Å²) in [4.78, 5) is 7.80. The van der Waals surface area contributed by atoms with Crippen LogP contribution in [0.1, 0.15) is 5.69 Å². The van der Waals surface area contributed by atoms with E-state index in [-0.39, 0.29) is 10.9 Å². The van der Waals surface area contributed by atoms with Crippen LogP contribution in [0.4, 0.5) is 20.5 Å². The van der Waals surface area contributed by atoms with E-state index in [1.165, 1.54) is 12.2 Å². The summed E-state index contributed by atoms with van der Waals surface area (Å²) in [6.07, 6.45) is 3.44. The van der Waals surface area contributed by atoms with Gasteiger partial charge in [-0.25, -0.2) is 13.8 Å². The number of nitrogens with zero attached hydrogens (tertiary/aromatic N) is 2. The summed E-state index contributed by atoms with van der Waals surface area (Å²) in [7, 11) is 0. The molecule has 4 nitrogen and oxygen atoms in total. The monoisotopic (exact) mass is 282 g/mol. The molecular weight excluding hydrogens is 270 g/mol. The van der Waals surface area contributed by atoms with Crippen molar-refractivity contribution in [3.63, 3.8) is 0 Å². The Bertz CT molecular complexity index is 575. The molecule has 0 amide bonds. The smallest absolute Gasteiger partial charge is 0.222 e. The highest BCUT2D eigenvalue weighted by Crippen LogP contribution is 2.24. The van der Waals surface area contributed by atoms with Crippen molar-refractivity contribution in [2.45, 2.75) is 13.0 Å². The van der Waals surface area contributed by atoms with Crippen LogP contribution < -0.4 is 11.1 Å². The standard InChI is InChI=1S/C12H12F2N4S/c1-6-2-11(18-12(15)16-6)17-8-3-7(13)4-10(19)9(14)5-8/h2-5,8,19H,1H3,(H3,15,16,17,18). The molecule has 19 heavy (non-hydrogen) atoms. The van der Waals surface area contributed by atoms with E-state index in [2.05, 4.69) is 27.9 Å². The van der Waals surface area contributed by atoms with E-state index < -0.39 is 17.7 Å². The summed E-state index contributed by atoms with van der Waals surface area (Å²) in [6, 6.07) is 0.947. The zero-order valence-electron chi connectivity index (χ0n) is 10.1. The van der Waals surface area contributed by atoms with Crippen LogP contribution >= 0.6 is 12.6 Å². The SMILES string of the molecule is Cc1cc(NC2C=C(F)C=C(S)C(F)=C2)nc(N)n1. The Morgan fingerprint density at radius 2 is 2.05 bits per heavy atom. The van der Waals surface area contributed by atoms with Crippen LogP contribution in [0.2, 0.25) is 0 Å². The first-order valence-corrected chi connectivity index (χ1v) is 5.92. The maximum absolute atomic E-state index is 13.5. The molecule has 0 bridgehead atoms. The third-order valence-corrected chi connectivity index (χ3v) is 2.71. The highest BCUT2D eigenvalue weighted by atomic mass is 32.1. The number of nitrogens with one attached hydrogen (secondary N) is 1. The fourth-order valence-corrected chi connectivity index (χ4v) is 1.83. The normalized spacial score (nSPS) is 19.2. The Morgan fingerprint density at radius 3 is 2.74 bits per heavy atom. The van der Waals surface area contributed by atoms with Crippen molar-refractivity contribution in [2.75, 3.05) is 11.1 Å². The lowest BCUT2D eigenvalue weighted by atomic mass is 10.2. The van der Waals surface area contributed by atoms with Gasteiger partial charge in [0.2, 0.25) is 5.95 Å². The van der Waals surface area contributed by atoms with E-state index in [4.69, 9.17) is 5.73 Å². The Hall–Kier alpha value is -1.89. The van der Waals surface area contributed by atoms with Crippen LogP contribution in [0.3, 0.4) is 0 Å². The fourth-order valence-electron chi connectivity index (χ4n) is 1.63. The van der Waals surface area contributed by atoms with Gasteiger partial charge in [-0.1, -0.05) is 0 Å². The predicted octanol–water partition coefficient (Wildman–Crippen LogP) is 2.68. The van der Waals surface area contributed by atoms with Gasteiger partial charge < -0.3 is 11.1 Å². The van der Waals surface area contributed by atoms with Gasteiger partial charge in [0.05, 0.1) is 6.04 Å². The van der Waals surface area contributed by atoms with Gasteiger partial charge in [-0.15, -0.1) is 12.6 Å². The van der Waals surface area contributed by atoms with Crippen LogP contribution in [0.25, 0.3) is 0 Å². The van der Waals surface area contributed by atoms with Gasteiger partial charge in [-0.05, 0) is 25.2 Å². The van der Waals surface area contributed by atoms with E-state index in [1.807, 2.05) is 0 Å². The maximum Gasteiger partial charge on any atom is 0.222 e. The zero-order valence-corrected chi connectivity index (χ0v) is 11.0. The van der Waals surface area contributed by atoms with E-state index in [0.29, 0.717) is 11.5 Å². The van der Waals surface area contributed by atoms with Gasteiger partial charge in [0.1, 0.15) is 17.5 Å². The van der Waals surface area contributed by atoms with E-state index in [9.17, 15) is 8.78 Å². The number of allylic oxidation sites excluding steroid dienone is 3. The minimum Gasteiger partial charge on any atom is -0.368 e. The molecule has 0 fully saturated rings. The molecule has 100 valence electrons. The molecule has 0 aromatic carbocycles. The average Bonchev–Trinajstić information content (AvgIpc) is 2.36. The molecule has 1 aromatic rings. The number of rotatable bonds is 2. The molecular formula is C12H12F2N4S. The topological polar surface area (TPSA) is 63.8 Å². The Balaban J connectivity index is 2.26. The van der Waals surface area contributed by atoms with Crippen molar-refractivity contribution in [3.05, 3.63) is 46.5 Å². The van der Waals surface area contributed by atoms with E-state index in [1.54, 1.807) is 13.0 Å². The molecule has 1 aromatic heterocycles. The Morgan fingerprint density at radius 1 is 1.32 bits per heavy atom. The third-order valence-electron chi connectivity index (χ3n) is 2.37. The minimum absolute atomic E-state index is 0.0589. The maximum atomic E-state index is 13.5. The van der Waals surface area contributed by atoms with Crippen molar-refractivity contribution < 1.29 is 8.78 Å². The second-order valence-corrected chi connectivity index (χ2v) is 4.50. The lowest BCUT2D eigenvalue weighted by Gasteiger charge is -2.12. The number of hydrogen-bond donors (Lipinski definition) is 3. The number of anilines is 2. The molecule has 2 rings (SSSR count). The van der Waals surface area contributed by atoms with Gasteiger partial charge in [0.25, 0.3) is 0 Å². The summed E-state index contributed by atoms with van der Waals surface area (Å²) in [5.41, 5.74) is 6.17. The Labute approximate surface area is 114 Å². The second kappa shape index (κ2) is 5.40. The largest absolute Gasteiger partial charge is 0.368 e. The lowest BCUT2D eigenvalue weighted by Crippen LogP contribution is -2.16. The average molecular weight is 282 g/mol. The predicted molar refractivity (Wildman–Crippen MR) is 74.0 cm³/mol. The van der Waals surface area contributed by atoms with Crippen molar-refractivity contribution in [1.29, 1.82) is 0 Å². The molecule has 0 radical (unpaired) electrons. The molecule has 0 aliphatic heterocycles. The molecule has 1 unspecified atom stereocenters. The van der Waals surface area contributed by atoms with Crippen molar-refractivity contribution in [2.24, 2.45) is 0 Å². The van der Waals surface area contributed by atoms with Crippen molar-refractivity contribution >= 4 is 24.4 Å². The van der Waals surface area contributed by atoms with Gasteiger partial charge >= 0.3 is 0 Å². The molecule has 1 aliphatic carbocycles. The van der Waals surface area contributed by atoms with Gasteiger partial charge in [-0.2, -0.15) is 4.98 Å². The van der Waals surface area contributed by atoms with Crippen molar-refractivity contribution in [1.82, 2.24) is 9.97 Å². The van der Waals surface area contributed by atoms with E-state index in [0.717, 1.165) is 6.08 Å². The van der Waals surface area contributed by atoms with Crippen LogP contribution in [-0.2, 0) is 0 Å². The number of aryl methyl sites for hydroxylation is 1. The molecule has 0 saturated carbocycles. The summed E-state index contributed by atoms with van der Waals surface area (Å²) < 4.78 is 27.0. The van der Waals surface area contributed by atoms with Gasteiger partial charge in [0.15, 0.2) is 0 Å². The number of thiol groups is 1. The van der Waals surface area contributed by atoms with Gasteiger partial charge in [0, 0.05) is 16.7 Å². The second-order valence-electron chi connectivity index (χ2n) is 4.02. The number of halogens is 2. The summed E-state index contributed by atoms with van der Waals surface area (Å²) in [6.45, 7) is 1.75. The zero-order chi connectivity index (χ0) is 14.0. The highest BCUT2D eigenvalue weighted by Gasteiger charge is 2.13. The summed E-state index contributed by atoms with van der Waals surface area (Å²) in [5.74, 6) is -0.697. The number of nitrogens with two attached hydrogens (primary N) is 1. The molecule has 0 saturated heterocycles. The third kappa shape index (κ3) is 3.54. The van der Waals surface area contributed by atoms with Crippen LogP contribution in [0.15, 0.2) is 40.9 Å². The summed E-state index contributed by atoms with van der Waals surface area (Å²) >= 11 is 3.85. The van der Waals surface area contributed by atoms with Crippen LogP contribution in [0.5, 0.6) is 0 Å². The molecule has 1 heterocycles. The first-order chi connectivity index (χ1) is 8.94. The lowest BCUT2D eigenvalue weighted by molar-refractivity contribution is 0.654. The number of nitrogen functional groups attached to an aromatic ring is 1. The fraction of sp³-hybridized carbons (Fsp3) is 0.167. The van der Waals surface area contributed by atoms with E-state index >= 15 is 0 Å². The van der Waals surface area contributed by atoms with Crippen molar-refractivity contribution in [3.8, 4) is 0 Å².